The van der Waals surface area contributed by atoms with Gasteiger partial charge >= 0.3 is 5.97 Å². The first kappa shape index (κ1) is 34.2. The molecule has 12 heteroatoms. The van der Waals surface area contributed by atoms with Gasteiger partial charge in [0, 0.05) is 41.3 Å². The van der Waals surface area contributed by atoms with Gasteiger partial charge in [0.1, 0.15) is 12.3 Å². The number of carbonyl (C=O) groups is 4. The van der Waals surface area contributed by atoms with Crippen molar-refractivity contribution in [1.82, 2.24) is 20.4 Å². The molecule has 3 N–H and O–H groups in total. The van der Waals surface area contributed by atoms with Gasteiger partial charge in [-0.05, 0) is 74.1 Å². The lowest BCUT2D eigenvalue weighted by Crippen LogP contribution is -2.39. The SMILES string of the molecule is Cc1cccc(OCCCC(=O)N2CC3(CC3)COc3c(-c4cnn(Cc5cccc(C(=O)NCC(=O)NCC(=O)O)c5)c4)cccc32)c1C. The van der Waals surface area contributed by atoms with Crippen LogP contribution < -0.4 is 25.0 Å². The van der Waals surface area contributed by atoms with Crippen LogP contribution >= 0.6 is 0 Å². The summed E-state index contributed by atoms with van der Waals surface area (Å²) < 4.78 is 14.3. The molecule has 1 spiro atoms. The van der Waals surface area contributed by atoms with Gasteiger partial charge in [0.05, 0.1) is 38.2 Å². The van der Waals surface area contributed by atoms with Gasteiger partial charge in [-0.2, -0.15) is 5.10 Å². The predicted molar refractivity (Wildman–Crippen MR) is 186 cm³/mol. The van der Waals surface area contributed by atoms with Crippen molar-refractivity contribution >= 4 is 29.4 Å². The molecule has 0 atom stereocenters. The van der Waals surface area contributed by atoms with Crippen LogP contribution in [-0.2, 0) is 20.9 Å². The Kier molecular flexibility index (Phi) is 10.2. The Hall–Kier alpha value is -5.65. The molecule has 2 aliphatic rings. The lowest BCUT2D eigenvalue weighted by molar-refractivity contribution is -0.137. The number of carboxylic acids is 1. The monoisotopic (exact) mass is 679 g/mol. The minimum atomic E-state index is -1.17. The number of amides is 3. The van der Waals surface area contributed by atoms with E-state index in [4.69, 9.17) is 14.6 Å². The third kappa shape index (κ3) is 8.13. The molecule has 2 heterocycles. The molecule has 0 bridgehead atoms. The maximum absolute atomic E-state index is 13.7. The number of carbonyl (C=O) groups excluding carboxylic acids is 3. The van der Waals surface area contributed by atoms with E-state index in [0.29, 0.717) is 50.5 Å². The van der Waals surface area contributed by atoms with Crippen molar-refractivity contribution in [2.75, 3.05) is 37.7 Å². The lowest BCUT2D eigenvalue weighted by atomic mass is 10.1. The Morgan fingerprint density at radius 3 is 2.60 bits per heavy atom. The van der Waals surface area contributed by atoms with Gasteiger partial charge in [-0.25, -0.2) is 0 Å². The number of fused-ring (bicyclic) bond motifs is 1. The second-order valence-corrected chi connectivity index (χ2v) is 13.1. The quantitative estimate of drug-likeness (QED) is 0.175. The normalized spacial score (nSPS) is 14.2. The first-order valence-corrected chi connectivity index (χ1v) is 16.7. The summed E-state index contributed by atoms with van der Waals surface area (Å²) in [6.07, 6.45) is 6.67. The summed E-state index contributed by atoms with van der Waals surface area (Å²) in [5, 5.41) is 18.0. The van der Waals surface area contributed by atoms with Crippen LogP contribution in [0.5, 0.6) is 11.5 Å². The van der Waals surface area contributed by atoms with Crippen LogP contribution in [0.3, 0.4) is 0 Å². The van der Waals surface area contributed by atoms with E-state index >= 15 is 0 Å². The molecule has 0 saturated heterocycles. The highest BCUT2D eigenvalue weighted by molar-refractivity contribution is 5.98. The van der Waals surface area contributed by atoms with Gasteiger partial charge in [0.2, 0.25) is 11.8 Å². The number of carboxylic acid groups (broad SMARTS) is 1. The molecule has 4 aromatic rings. The van der Waals surface area contributed by atoms with E-state index in [1.54, 1.807) is 29.1 Å². The van der Waals surface area contributed by atoms with Crippen LogP contribution in [0.4, 0.5) is 5.69 Å². The summed E-state index contributed by atoms with van der Waals surface area (Å²) in [5.74, 6) is -0.651. The number of benzene rings is 3. The van der Waals surface area contributed by atoms with Crippen LogP contribution in [0.1, 0.15) is 52.7 Å². The number of nitrogens with zero attached hydrogens (tertiary/aromatic N) is 3. The predicted octanol–water partition coefficient (Wildman–Crippen LogP) is 4.51. The minimum absolute atomic E-state index is 0.0368. The zero-order valence-electron chi connectivity index (χ0n) is 28.2. The average Bonchev–Trinajstić information content (AvgIpc) is 3.77. The molecular formula is C38H41N5O7. The number of aromatic nitrogens is 2. The molecule has 1 aromatic heterocycles. The van der Waals surface area contributed by atoms with Gasteiger partial charge in [-0.1, -0.05) is 36.4 Å². The highest BCUT2D eigenvalue weighted by atomic mass is 16.5. The molecule has 1 aliphatic heterocycles. The van der Waals surface area contributed by atoms with Crippen molar-refractivity contribution in [3.8, 4) is 22.6 Å². The zero-order valence-corrected chi connectivity index (χ0v) is 28.2. The average molecular weight is 680 g/mol. The van der Waals surface area contributed by atoms with Crippen molar-refractivity contribution in [2.24, 2.45) is 5.41 Å². The van der Waals surface area contributed by atoms with E-state index in [9.17, 15) is 19.2 Å². The summed E-state index contributed by atoms with van der Waals surface area (Å²) in [7, 11) is 0. The molecule has 0 unspecified atom stereocenters. The van der Waals surface area contributed by atoms with Gasteiger partial charge in [-0.15, -0.1) is 0 Å². The largest absolute Gasteiger partial charge is 0.493 e. The van der Waals surface area contributed by atoms with E-state index in [-0.39, 0.29) is 17.9 Å². The number of para-hydroxylation sites is 1. The van der Waals surface area contributed by atoms with Crippen LogP contribution in [0.25, 0.3) is 11.1 Å². The molecule has 6 rings (SSSR count). The van der Waals surface area contributed by atoms with Gasteiger partial charge in [0.15, 0.2) is 5.75 Å². The minimum Gasteiger partial charge on any atom is -0.493 e. The third-order valence-electron chi connectivity index (χ3n) is 9.23. The number of rotatable bonds is 13. The van der Waals surface area contributed by atoms with Crippen molar-refractivity contribution < 1.29 is 33.8 Å². The Bertz CT molecular complexity index is 1910. The maximum atomic E-state index is 13.7. The fourth-order valence-corrected chi connectivity index (χ4v) is 6.02. The number of anilines is 1. The second kappa shape index (κ2) is 14.9. The maximum Gasteiger partial charge on any atom is 0.322 e. The second-order valence-electron chi connectivity index (χ2n) is 13.1. The fraction of sp³-hybridized carbons (Fsp3) is 0.342. The number of aliphatic carboxylic acids is 1. The highest BCUT2D eigenvalue weighted by Crippen LogP contribution is 2.52. The summed E-state index contributed by atoms with van der Waals surface area (Å²) in [4.78, 5) is 50.7. The molecule has 0 radical (unpaired) electrons. The number of hydrogen-bond acceptors (Lipinski definition) is 7. The van der Waals surface area contributed by atoms with Crippen molar-refractivity contribution in [3.63, 3.8) is 0 Å². The molecule has 3 aromatic carbocycles. The molecule has 1 saturated carbocycles. The Morgan fingerprint density at radius 1 is 1.00 bits per heavy atom. The van der Waals surface area contributed by atoms with E-state index in [0.717, 1.165) is 46.5 Å². The van der Waals surface area contributed by atoms with E-state index < -0.39 is 24.3 Å². The summed E-state index contributed by atoms with van der Waals surface area (Å²) in [5.41, 5.74) is 5.87. The summed E-state index contributed by atoms with van der Waals surface area (Å²) >= 11 is 0. The number of aryl methyl sites for hydroxylation is 1. The van der Waals surface area contributed by atoms with Crippen LogP contribution in [0.2, 0.25) is 0 Å². The molecule has 1 aliphatic carbocycles. The van der Waals surface area contributed by atoms with Crippen LogP contribution in [0, 0.1) is 19.3 Å². The highest BCUT2D eigenvalue weighted by Gasteiger charge is 2.48. The Balaban J connectivity index is 1.12. The summed E-state index contributed by atoms with van der Waals surface area (Å²) in [6, 6.07) is 18.8. The number of hydrogen-bond donors (Lipinski definition) is 3. The van der Waals surface area contributed by atoms with Gasteiger partial charge < -0.3 is 30.1 Å². The van der Waals surface area contributed by atoms with E-state index in [1.165, 1.54) is 5.56 Å². The standard InChI is InChI=1S/C38H41N5O7/c1-25-7-3-12-32(26(25)2)49-16-6-13-34(45)43-23-38(14-15-38)24-50-36-30(10-5-11-31(36)43)29-18-41-42(22-29)21-27-8-4-9-28(17-27)37(48)40-19-33(44)39-20-35(46)47/h3-5,7-12,17-18,22H,6,13-16,19-21,23-24H2,1-2H3,(H,39,44)(H,40,48)(H,46,47). The van der Waals surface area contributed by atoms with Crippen LogP contribution in [-0.4, -0.2) is 71.4 Å². The zero-order chi connectivity index (χ0) is 35.3. The third-order valence-corrected chi connectivity index (χ3v) is 9.23. The Morgan fingerprint density at radius 2 is 1.80 bits per heavy atom. The molecule has 1 fully saturated rings. The van der Waals surface area contributed by atoms with Crippen molar-refractivity contribution in [3.05, 3.63) is 95.3 Å². The molecule has 260 valence electrons. The molecule has 50 heavy (non-hydrogen) atoms. The number of nitrogens with one attached hydrogen (secondary N) is 2. The van der Waals surface area contributed by atoms with Crippen molar-refractivity contribution in [2.45, 2.75) is 46.1 Å². The fourth-order valence-electron chi connectivity index (χ4n) is 6.02. The topological polar surface area (TPSA) is 152 Å². The first-order chi connectivity index (χ1) is 24.1. The molecular weight excluding hydrogens is 638 g/mol. The molecule has 12 nitrogen and oxygen atoms in total. The summed E-state index contributed by atoms with van der Waals surface area (Å²) in [6.45, 7) is 5.24. The Labute approximate surface area is 290 Å². The van der Waals surface area contributed by atoms with Gasteiger partial charge in [0.25, 0.3) is 5.91 Å². The van der Waals surface area contributed by atoms with Crippen LogP contribution in [0.15, 0.2) is 73.1 Å². The van der Waals surface area contributed by atoms with Gasteiger partial charge in [-0.3, -0.25) is 23.9 Å². The molecule has 3 amide bonds. The first-order valence-electron chi connectivity index (χ1n) is 16.7. The van der Waals surface area contributed by atoms with Crippen molar-refractivity contribution in [1.29, 1.82) is 0 Å². The number of ether oxygens (including phenoxy) is 2. The smallest absolute Gasteiger partial charge is 0.322 e. The van der Waals surface area contributed by atoms with E-state index in [1.807, 2.05) is 54.4 Å². The lowest BCUT2D eigenvalue weighted by Gasteiger charge is -2.25. The van der Waals surface area contributed by atoms with E-state index in [2.05, 4.69) is 28.7 Å².